The minimum absolute atomic E-state index is 0.0851. The van der Waals surface area contributed by atoms with E-state index in [-0.39, 0.29) is 23.7 Å². The molecule has 7 heteroatoms. The van der Waals surface area contributed by atoms with Gasteiger partial charge in [-0.15, -0.1) is 11.3 Å². The molecule has 1 atom stereocenters. The summed E-state index contributed by atoms with van der Waals surface area (Å²) in [5, 5.41) is 5.48. The number of esters is 1. The summed E-state index contributed by atoms with van der Waals surface area (Å²) in [6.07, 6.45) is 4.19. The summed E-state index contributed by atoms with van der Waals surface area (Å²) < 4.78 is 5.20. The predicted octanol–water partition coefficient (Wildman–Crippen LogP) is 3.39. The van der Waals surface area contributed by atoms with Gasteiger partial charge in [0.2, 0.25) is 11.8 Å². The number of amides is 2. The van der Waals surface area contributed by atoms with Gasteiger partial charge in [0.1, 0.15) is 5.00 Å². The molecule has 142 valence electrons. The summed E-state index contributed by atoms with van der Waals surface area (Å²) in [6, 6.07) is 0. The van der Waals surface area contributed by atoms with Crippen LogP contribution < -0.4 is 5.32 Å². The molecule has 1 N–H and O–H groups in total. The van der Waals surface area contributed by atoms with Gasteiger partial charge in [-0.05, 0) is 49.5 Å². The Morgan fingerprint density at radius 2 is 2.04 bits per heavy atom. The van der Waals surface area contributed by atoms with Gasteiger partial charge in [-0.1, -0.05) is 6.92 Å². The Labute approximate surface area is 157 Å². The molecule has 2 heterocycles. The molecule has 1 aromatic rings. The highest BCUT2D eigenvalue weighted by atomic mass is 32.1. The van der Waals surface area contributed by atoms with E-state index < -0.39 is 0 Å². The van der Waals surface area contributed by atoms with Crippen LogP contribution in [0.25, 0.3) is 0 Å². The number of nitrogens with zero attached hydrogens (tertiary/aromatic N) is 1. The molecule has 0 spiro atoms. The molecule has 1 saturated carbocycles. The van der Waals surface area contributed by atoms with Crippen LogP contribution in [0.15, 0.2) is 5.38 Å². The number of piperidine rings is 1. The van der Waals surface area contributed by atoms with Crippen LogP contribution in [0.3, 0.4) is 0 Å². The molecule has 1 aliphatic carbocycles. The van der Waals surface area contributed by atoms with Crippen LogP contribution in [0.1, 0.15) is 67.8 Å². The smallest absolute Gasteiger partial charge is 0.341 e. The SMILES string of the molecule is CCOC(=O)c1c(C2CC2)csc1NC(=O)C1CCCN(C(=O)CC)C1. The summed E-state index contributed by atoms with van der Waals surface area (Å²) in [4.78, 5) is 38.9. The molecule has 3 rings (SSSR count). The minimum atomic E-state index is -0.364. The lowest BCUT2D eigenvalue weighted by molar-refractivity contribution is -0.134. The van der Waals surface area contributed by atoms with Gasteiger partial charge in [0.25, 0.3) is 0 Å². The van der Waals surface area contributed by atoms with Crippen molar-refractivity contribution in [3.8, 4) is 0 Å². The molecule has 1 unspecified atom stereocenters. The van der Waals surface area contributed by atoms with Gasteiger partial charge < -0.3 is 15.0 Å². The number of likely N-dealkylation sites (tertiary alicyclic amines) is 1. The van der Waals surface area contributed by atoms with Gasteiger partial charge in [0.15, 0.2) is 0 Å². The Balaban J connectivity index is 1.73. The Hall–Kier alpha value is -1.89. The van der Waals surface area contributed by atoms with Crippen molar-refractivity contribution in [2.24, 2.45) is 5.92 Å². The Morgan fingerprint density at radius 1 is 1.27 bits per heavy atom. The van der Waals surface area contributed by atoms with Crippen LogP contribution in [0.2, 0.25) is 0 Å². The molecule has 2 aliphatic rings. The van der Waals surface area contributed by atoms with Crippen molar-refractivity contribution in [2.75, 3.05) is 25.0 Å². The summed E-state index contributed by atoms with van der Waals surface area (Å²) in [6.45, 7) is 5.09. The number of anilines is 1. The van der Waals surface area contributed by atoms with Crippen molar-refractivity contribution in [3.05, 3.63) is 16.5 Å². The first-order chi connectivity index (χ1) is 12.5. The Kier molecular flexibility index (Phi) is 5.96. The number of carbonyl (C=O) groups excluding carboxylic acids is 3. The minimum Gasteiger partial charge on any atom is -0.462 e. The number of hydrogen-bond acceptors (Lipinski definition) is 5. The van der Waals surface area contributed by atoms with Gasteiger partial charge in [0, 0.05) is 19.5 Å². The third kappa shape index (κ3) is 4.09. The molecular weight excluding hydrogens is 352 g/mol. The first-order valence-electron chi connectivity index (χ1n) is 9.42. The zero-order valence-electron chi connectivity index (χ0n) is 15.4. The van der Waals surface area contributed by atoms with E-state index in [1.54, 1.807) is 11.8 Å². The van der Waals surface area contributed by atoms with Crippen LogP contribution in [0, 0.1) is 5.92 Å². The number of thiophene rings is 1. The predicted molar refractivity (Wildman–Crippen MR) is 100 cm³/mol. The van der Waals surface area contributed by atoms with Crippen molar-refractivity contribution in [1.82, 2.24) is 4.90 Å². The molecule has 0 radical (unpaired) electrons. The maximum atomic E-state index is 12.8. The topological polar surface area (TPSA) is 75.7 Å². The third-order valence-corrected chi connectivity index (χ3v) is 5.91. The fourth-order valence-corrected chi connectivity index (χ4v) is 4.46. The lowest BCUT2D eigenvalue weighted by Gasteiger charge is -2.31. The van der Waals surface area contributed by atoms with Crippen molar-refractivity contribution in [1.29, 1.82) is 0 Å². The summed E-state index contributed by atoms with van der Waals surface area (Å²) in [7, 11) is 0. The molecule has 1 saturated heterocycles. The molecule has 2 fully saturated rings. The summed E-state index contributed by atoms with van der Waals surface area (Å²) in [5.41, 5.74) is 1.51. The van der Waals surface area contributed by atoms with E-state index >= 15 is 0 Å². The lowest BCUT2D eigenvalue weighted by Crippen LogP contribution is -2.43. The van der Waals surface area contributed by atoms with Crippen molar-refractivity contribution in [3.63, 3.8) is 0 Å². The zero-order valence-corrected chi connectivity index (χ0v) is 16.2. The highest BCUT2D eigenvalue weighted by Gasteiger charge is 2.34. The number of hydrogen-bond donors (Lipinski definition) is 1. The van der Waals surface area contributed by atoms with Crippen molar-refractivity contribution < 1.29 is 19.1 Å². The molecule has 0 aromatic carbocycles. The third-order valence-electron chi connectivity index (χ3n) is 5.00. The second-order valence-electron chi connectivity index (χ2n) is 6.91. The fraction of sp³-hybridized carbons (Fsp3) is 0.632. The van der Waals surface area contributed by atoms with Crippen LogP contribution in [-0.2, 0) is 14.3 Å². The van der Waals surface area contributed by atoms with Crippen LogP contribution >= 0.6 is 11.3 Å². The van der Waals surface area contributed by atoms with Gasteiger partial charge in [-0.3, -0.25) is 9.59 Å². The Bertz CT molecular complexity index is 696. The van der Waals surface area contributed by atoms with Crippen molar-refractivity contribution in [2.45, 2.75) is 51.9 Å². The Morgan fingerprint density at radius 3 is 2.69 bits per heavy atom. The van der Waals surface area contributed by atoms with E-state index in [0.717, 1.165) is 37.8 Å². The van der Waals surface area contributed by atoms with E-state index in [1.165, 1.54) is 11.3 Å². The molecule has 0 bridgehead atoms. The quantitative estimate of drug-likeness (QED) is 0.770. The second kappa shape index (κ2) is 8.20. The monoisotopic (exact) mass is 378 g/mol. The molecule has 6 nitrogen and oxygen atoms in total. The van der Waals surface area contributed by atoms with E-state index in [1.807, 2.05) is 12.3 Å². The average molecular weight is 378 g/mol. The average Bonchev–Trinajstić information content (AvgIpc) is 3.41. The maximum Gasteiger partial charge on any atom is 0.341 e. The number of rotatable bonds is 6. The van der Waals surface area contributed by atoms with Gasteiger partial charge in [0.05, 0.1) is 18.1 Å². The lowest BCUT2D eigenvalue weighted by atomic mass is 9.97. The molecule has 1 aromatic heterocycles. The number of carbonyl (C=O) groups is 3. The zero-order chi connectivity index (χ0) is 18.7. The van der Waals surface area contributed by atoms with E-state index in [2.05, 4.69) is 5.32 Å². The molecule has 1 aliphatic heterocycles. The van der Waals surface area contributed by atoms with E-state index in [9.17, 15) is 14.4 Å². The number of nitrogens with one attached hydrogen (secondary N) is 1. The first-order valence-corrected chi connectivity index (χ1v) is 10.3. The van der Waals surface area contributed by atoms with Gasteiger partial charge in [-0.25, -0.2) is 4.79 Å². The van der Waals surface area contributed by atoms with Crippen LogP contribution in [-0.4, -0.2) is 42.4 Å². The van der Waals surface area contributed by atoms with Crippen molar-refractivity contribution >= 4 is 34.1 Å². The van der Waals surface area contributed by atoms with Crippen LogP contribution in [0.5, 0.6) is 0 Å². The van der Waals surface area contributed by atoms with Gasteiger partial charge in [-0.2, -0.15) is 0 Å². The molecular formula is C19H26N2O4S. The maximum absolute atomic E-state index is 12.8. The highest BCUT2D eigenvalue weighted by Crippen LogP contribution is 2.46. The molecule has 26 heavy (non-hydrogen) atoms. The number of ether oxygens (including phenoxy) is 1. The van der Waals surface area contributed by atoms with E-state index in [0.29, 0.717) is 36.1 Å². The summed E-state index contributed by atoms with van der Waals surface area (Å²) in [5.74, 6) is -0.225. The second-order valence-corrected chi connectivity index (χ2v) is 7.79. The highest BCUT2D eigenvalue weighted by molar-refractivity contribution is 7.15. The normalized spacial score (nSPS) is 19.9. The van der Waals surface area contributed by atoms with Crippen LogP contribution in [0.4, 0.5) is 5.00 Å². The molecule has 2 amide bonds. The fourth-order valence-electron chi connectivity index (χ4n) is 3.43. The standard InChI is InChI=1S/C19H26N2O4S/c1-3-15(22)21-9-5-6-13(10-21)17(23)20-18-16(19(24)25-4-2)14(11-26-18)12-7-8-12/h11-13H,3-10H2,1-2H3,(H,20,23). The summed E-state index contributed by atoms with van der Waals surface area (Å²) >= 11 is 1.39. The van der Waals surface area contributed by atoms with E-state index in [4.69, 9.17) is 4.74 Å². The first kappa shape index (κ1) is 18.9. The van der Waals surface area contributed by atoms with Gasteiger partial charge >= 0.3 is 5.97 Å². The largest absolute Gasteiger partial charge is 0.462 e.